The number of nitrogens with zero attached hydrogens (tertiary/aromatic N) is 4. The van der Waals surface area contributed by atoms with Crippen LogP contribution in [0.1, 0.15) is 164 Å². The third kappa shape index (κ3) is 9.93. The third-order valence-electron chi connectivity index (χ3n) is 18.2. The molecule has 0 amide bonds. The molecule has 426 valence electrons. The lowest BCUT2D eigenvalue weighted by atomic mass is 9.33. The van der Waals surface area contributed by atoms with Crippen LogP contribution in [0.3, 0.4) is 0 Å². The Bertz CT molecular complexity index is 4170. The van der Waals surface area contributed by atoms with Crippen LogP contribution in [-0.2, 0) is 32.5 Å². The van der Waals surface area contributed by atoms with E-state index in [1.54, 1.807) is 0 Å². The highest BCUT2D eigenvalue weighted by molar-refractivity contribution is 7.00. The zero-order valence-electron chi connectivity index (χ0n) is 53.7. The molecule has 0 unspecified atom stereocenters. The fourth-order valence-electron chi connectivity index (χ4n) is 13.1. The number of benzene rings is 9. The summed E-state index contributed by atoms with van der Waals surface area (Å²) in [5.41, 5.74) is 27.1. The normalized spacial score (nSPS) is 13.8. The maximum Gasteiger partial charge on any atom is 0.252 e. The molecule has 0 atom stereocenters. The first-order valence-corrected chi connectivity index (χ1v) is 30.7. The van der Waals surface area contributed by atoms with Gasteiger partial charge in [-0.05, 0) is 198 Å². The van der Waals surface area contributed by atoms with Gasteiger partial charge in [-0.2, -0.15) is 0 Å². The molecule has 0 aliphatic carbocycles. The Hall–Kier alpha value is -7.76. The zero-order valence-corrected chi connectivity index (χ0v) is 53.7. The number of aryl methyl sites for hydroxylation is 1. The first-order chi connectivity index (χ1) is 39.3. The fraction of sp³-hybridized carbons (Fsp3) is 0.316. The summed E-state index contributed by atoms with van der Waals surface area (Å²) in [6.45, 7) is 43.8. The van der Waals surface area contributed by atoms with Crippen LogP contribution in [-0.4, -0.2) is 11.3 Å². The maximum atomic E-state index is 2.58. The number of fused-ring (bicyclic) bond motifs is 7. The topological polar surface area (TPSA) is 14.7 Å². The van der Waals surface area contributed by atoms with Gasteiger partial charge in [0.2, 0.25) is 0 Å². The molecule has 0 N–H and O–H groups in total. The lowest BCUT2D eigenvalue weighted by Gasteiger charge is -2.45. The number of hydrogen-bond donors (Lipinski definition) is 0. The lowest BCUT2D eigenvalue weighted by Crippen LogP contribution is -2.61. The van der Waals surface area contributed by atoms with Gasteiger partial charge in [-0.25, -0.2) is 0 Å². The number of rotatable bonds is 6. The largest absolute Gasteiger partial charge is 0.311 e. The molecule has 0 saturated heterocycles. The Kier molecular flexibility index (Phi) is 13.3. The molecule has 1 aromatic heterocycles. The van der Waals surface area contributed by atoms with E-state index in [0.29, 0.717) is 0 Å². The molecule has 0 bridgehead atoms. The van der Waals surface area contributed by atoms with Crippen molar-refractivity contribution in [2.75, 3.05) is 14.7 Å². The minimum atomic E-state index is -0.0532. The van der Waals surface area contributed by atoms with E-state index < -0.39 is 0 Å². The zero-order chi connectivity index (χ0) is 60.0. The van der Waals surface area contributed by atoms with E-state index in [1.807, 2.05) is 0 Å². The molecule has 0 saturated carbocycles. The van der Waals surface area contributed by atoms with Gasteiger partial charge in [0.1, 0.15) is 0 Å². The molecule has 3 heterocycles. The summed E-state index contributed by atoms with van der Waals surface area (Å²) in [7, 11) is 0. The van der Waals surface area contributed by atoms with E-state index in [-0.39, 0.29) is 39.2 Å². The number of aromatic nitrogens is 1. The van der Waals surface area contributed by atoms with Crippen molar-refractivity contribution in [3.63, 3.8) is 0 Å². The van der Waals surface area contributed by atoms with Gasteiger partial charge in [0.25, 0.3) is 6.71 Å². The van der Waals surface area contributed by atoms with Gasteiger partial charge in [-0.15, -0.1) is 0 Å². The van der Waals surface area contributed by atoms with Gasteiger partial charge in [-0.3, -0.25) is 0 Å². The molecular weight excluding hydrogens is 1020 g/mol. The molecule has 5 heteroatoms. The molecule has 10 aromatic rings. The molecule has 84 heavy (non-hydrogen) atoms. The van der Waals surface area contributed by atoms with Gasteiger partial charge >= 0.3 is 0 Å². The van der Waals surface area contributed by atoms with Crippen LogP contribution < -0.4 is 31.1 Å². The van der Waals surface area contributed by atoms with Crippen molar-refractivity contribution < 1.29 is 0 Å². The predicted octanol–water partition coefficient (Wildman–Crippen LogP) is 20.4. The van der Waals surface area contributed by atoms with Crippen molar-refractivity contribution in [2.24, 2.45) is 0 Å². The van der Waals surface area contributed by atoms with Crippen LogP contribution in [0.15, 0.2) is 182 Å². The fourth-order valence-corrected chi connectivity index (χ4v) is 13.1. The number of anilines is 9. The van der Waals surface area contributed by atoms with Crippen molar-refractivity contribution >= 4 is 96.1 Å². The van der Waals surface area contributed by atoms with Crippen LogP contribution in [0, 0.1) is 6.92 Å². The molecule has 2 aliphatic rings. The summed E-state index contributed by atoms with van der Waals surface area (Å²) in [6.07, 6.45) is 0. The average Bonchev–Trinajstić information content (AvgIpc) is 0.786. The van der Waals surface area contributed by atoms with Crippen molar-refractivity contribution in [2.45, 2.75) is 164 Å². The minimum Gasteiger partial charge on any atom is -0.311 e. The lowest BCUT2D eigenvalue weighted by molar-refractivity contribution is 0.590. The molecule has 0 radical (unpaired) electrons. The van der Waals surface area contributed by atoms with Crippen LogP contribution in [0.2, 0.25) is 0 Å². The van der Waals surface area contributed by atoms with E-state index in [0.717, 1.165) is 28.4 Å². The van der Waals surface area contributed by atoms with Crippen LogP contribution in [0.4, 0.5) is 51.2 Å². The van der Waals surface area contributed by atoms with Crippen molar-refractivity contribution in [3.05, 3.63) is 221 Å². The average molecular weight is 1100 g/mol. The molecule has 4 nitrogen and oxygen atoms in total. The highest BCUT2D eigenvalue weighted by Gasteiger charge is 2.44. The monoisotopic (exact) mass is 1100 g/mol. The quantitative estimate of drug-likeness (QED) is 0.154. The van der Waals surface area contributed by atoms with Crippen molar-refractivity contribution in [1.29, 1.82) is 0 Å². The SMILES string of the molecule is Cc1cc2c3c(c1)N(c1ccc(C(C)(C)C)cc1)c1cc(C(C)(C)C)ccc1B3c1ccc(N(c3ccc(C(C)(C)C)cc3)c3ccc4c5cc(C(C)(C)C)ccc5n(-c5ccc(C(C)(C)C)cc5)c4c3)cc1N2c1ccc(C(C)(C)C)cc1. The van der Waals surface area contributed by atoms with Gasteiger partial charge in [0.05, 0.1) is 11.0 Å². The van der Waals surface area contributed by atoms with E-state index in [4.69, 9.17) is 0 Å². The molecule has 9 aromatic carbocycles. The van der Waals surface area contributed by atoms with Gasteiger partial charge < -0.3 is 19.3 Å². The second-order valence-electron chi connectivity index (χ2n) is 30.6. The second-order valence-corrected chi connectivity index (χ2v) is 30.6. The van der Waals surface area contributed by atoms with Crippen LogP contribution >= 0.6 is 0 Å². The molecular formula is C79H87BN4. The Balaban J connectivity index is 1.13. The van der Waals surface area contributed by atoms with Gasteiger partial charge in [0, 0.05) is 67.6 Å². The Morgan fingerprint density at radius 1 is 0.298 bits per heavy atom. The molecule has 2 aliphatic heterocycles. The Morgan fingerprint density at radius 3 is 1.14 bits per heavy atom. The summed E-state index contributed by atoms with van der Waals surface area (Å²) in [5, 5.41) is 2.51. The van der Waals surface area contributed by atoms with E-state index in [9.17, 15) is 0 Å². The summed E-state index contributed by atoms with van der Waals surface area (Å²) in [4.78, 5) is 7.66. The molecule has 12 rings (SSSR count). The molecule has 0 fully saturated rings. The summed E-state index contributed by atoms with van der Waals surface area (Å²) < 4.78 is 2.49. The smallest absolute Gasteiger partial charge is 0.252 e. The van der Waals surface area contributed by atoms with E-state index in [2.05, 4.69) is 333 Å². The maximum absolute atomic E-state index is 2.58. The van der Waals surface area contributed by atoms with Crippen molar-refractivity contribution in [1.82, 2.24) is 4.57 Å². The first-order valence-electron chi connectivity index (χ1n) is 30.7. The third-order valence-corrected chi connectivity index (χ3v) is 18.2. The van der Waals surface area contributed by atoms with Crippen LogP contribution in [0.25, 0.3) is 27.5 Å². The summed E-state index contributed by atoms with van der Waals surface area (Å²) in [6, 6.07) is 71.3. The predicted molar refractivity (Wildman–Crippen MR) is 366 cm³/mol. The summed E-state index contributed by atoms with van der Waals surface area (Å²) >= 11 is 0. The van der Waals surface area contributed by atoms with E-state index >= 15 is 0 Å². The number of hydrogen-bond acceptors (Lipinski definition) is 3. The first kappa shape index (κ1) is 56.7. The van der Waals surface area contributed by atoms with Gasteiger partial charge in [0.15, 0.2) is 0 Å². The minimum absolute atomic E-state index is 0.00162. The highest BCUT2D eigenvalue weighted by Crippen LogP contribution is 2.49. The summed E-state index contributed by atoms with van der Waals surface area (Å²) in [5.74, 6) is 0. The van der Waals surface area contributed by atoms with Gasteiger partial charge in [-0.1, -0.05) is 203 Å². The Labute approximate surface area is 503 Å². The van der Waals surface area contributed by atoms with Crippen molar-refractivity contribution in [3.8, 4) is 5.69 Å². The van der Waals surface area contributed by atoms with Crippen LogP contribution in [0.5, 0.6) is 0 Å². The standard InChI is InChI=1S/C79H87BN4/c1-50-44-71-73-72(45-50)84(60-36-26-54(27-37-60)77(11,12)13)70-49-62(39-42-66(70)80(73)65-41-28-56(79(17,18)19)47-69(65)83(71)59-34-24-53(25-35-59)76(8,9)10)81(57-30-20-51(21-31-57)74(2,3)4)61-38-40-63-64-46-55(78(14,15)16)29-43-67(64)82(68(63)48-61)58-32-22-52(23-33-58)75(5,6)7/h20-49H,1-19H3. The van der Waals surface area contributed by atoms with E-state index in [1.165, 1.54) is 106 Å². The highest BCUT2D eigenvalue weighted by atomic mass is 15.2. The second kappa shape index (κ2) is 19.7. The molecule has 0 spiro atoms. The Morgan fingerprint density at radius 2 is 0.667 bits per heavy atom.